The zero-order valence-corrected chi connectivity index (χ0v) is 9.34. The first-order valence-corrected chi connectivity index (χ1v) is 5.70. The summed E-state index contributed by atoms with van der Waals surface area (Å²) < 4.78 is 1.91. The fourth-order valence-electron chi connectivity index (χ4n) is 1.82. The van der Waals surface area contributed by atoms with E-state index in [2.05, 4.69) is 23.3 Å². The van der Waals surface area contributed by atoms with E-state index in [-0.39, 0.29) is 0 Å². The topological polar surface area (TPSA) is 43.8 Å². The molecule has 0 spiro atoms. The van der Waals surface area contributed by atoms with Crippen LogP contribution in [-0.2, 0) is 6.42 Å². The highest BCUT2D eigenvalue weighted by molar-refractivity contribution is 5.40. The number of aromatic nitrogens is 2. The van der Waals surface area contributed by atoms with Crippen LogP contribution in [0.3, 0.4) is 0 Å². The lowest BCUT2D eigenvalue weighted by molar-refractivity contribution is 0.736. The summed E-state index contributed by atoms with van der Waals surface area (Å²) >= 11 is 0. The Morgan fingerprint density at radius 3 is 2.75 bits per heavy atom. The number of hydrogen-bond donors (Lipinski definition) is 1. The summed E-state index contributed by atoms with van der Waals surface area (Å²) in [5, 5.41) is 4.27. The number of hydrogen-bond acceptors (Lipinski definition) is 2. The molecule has 0 bridgehead atoms. The normalized spacial score (nSPS) is 10.6. The van der Waals surface area contributed by atoms with Crippen LogP contribution in [0.4, 0.5) is 0 Å². The highest BCUT2D eigenvalue weighted by Crippen LogP contribution is 2.15. The number of rotatable bonds is 5. The molecule has 3 nitrogen and oxygen atoms in total. The minimum atomic E-state index is 0.768. The lowest BCUT2D eigenvalue weighted by Gasteiger charge is -2.08. The average Bonchev–Trinajstić information content (AvgIpc) is 2.83. The van der Waals surface area contributed by atoms with Gasteiger partial charge in [0, 0.05) is 12.4 Å². The molecule has 1 heterocycles. The van der Waals surface area contributed by atoms with Crippen molar-refractivity contribution >= 4 is 0 Å². The standard InChI is InChI=1S/C13H17N3/c14-9-4-3-7-12-6-1-2-8-13(12)16-11-5-10-15-16/h1-2,5-6,8,10-11H,3-4,7,9,14H2. The molecule has 0 amide bonds. The lowest BCUT2D eigenvalue weighted by Crippen LogP contribution is -2.02. The van der Waals surface area contributed by atoms with Crippen LogP contribution in [0, 0.1) is 0 Å². The molecular formula is C13H17N3. The second-order valence-electron chi connectivity index (χ2n) is 3.83. The fraction of sp³-hybridized carbons (Fsp3) is 0.308. The summed E-state index contributed by atoms with van der Waals surface area (Å²) in [7, 11) is 0. The van der Waals surface area contributed by atoms with Gasteiger partial charge in [0.1, 0.15) is 0 Å². The van der Waals surface area contributed by atoms with Gasteiger partial charge in [-0.2, -0.15) is 5.10 Å². The van der Waals surface area contributed by atoms with Gasteiger partial charge in [0.2, 0.25) is 0 Å². The molecule has 0 unspecified atom stereocenters. The van der Waals surface area contributed by atoms with Gasteiger partial charge < -0.3 is 5.73 Å². The predicted octanol–water partition coefficient (Wildman–Crippen LogP) is 2.15. The molecule has 0 atom stereocenters. The molecule has 2 aromatic rings. The molecule has 0 saturated heterocycles. The minimum Gasteiger partial charge on any atom is -0.330 e. The van der Waals surface area contributed by atoms with Crippen molar-refractivity contribution in [2.45, 2.75) is 19.3 Å². The van der Waals surface area contributed by atoms with E-state index in [9.17, 15) is 0 Å². The van der Waals surface area contributed by atoms with Crippen molar-refractivity contribution in [2.24, 2.45) is 5.73 Å². The van der Waals surface area contributed by atoms with Gasteiger partial charge in [0.25, 0.3) is 0 Å². The van der Waals surface area contributed by atoms with Crippen molar-refractivity contribution in [1.29, 1.82) is 0 Å². The second-order valence-corrected chi connectivity index (χ2v) is 3.83. The Morgan fingerprint density at radius 2 is 2.00 bits per heavy atom. The van der Waals surface area contributed by atoms with E-state index in [0.717, 1.165) is 25.8 Å². The predicted molar refractivity (Wildman–Crippen MR) is 65.6 cm³/mol. The van der Waals surface area contributed by atoms with E-state index < -0.39 is 0 Å². The lowest BCUT2D eigenvalue weighted by atomic mass is 10.1. The Morgan fingerprint density at radius 1 is 1.12 bits per heavy atom. The van der Waals surface area contributed by atoms with Crippen molar-refractivity contribution in [3.63, 3.8) is 0 Å². The zero-order chi connectivity index (χ0) is 11.2. The quantitative estimate of drug-likeness (QED) is 0.777. The van der Waals surface area contributed by atoms with Gasteiger partial charge in [0.15, 0.2) is 0 Å². The third-order valence-corrected chi connectivity index (χ3v) is 2.64. The molecule has 0 aliphatic heterocycles. The molecule has 0 aliphatic rings. The first-order chi connectivity index (χ1) is 7.92. The molecule has 16 heavy (non-hydrogen) atoms. The number of benzene rings is 1. The van der Waals surface area contributed by atoms with Crippen molar-refractivity contribution in [1.82, 2.24) is 9.78 Å². The third kappa shape index (κ3) is 2.49. The first kappa shape index (κ1) is 10.9. The molecule has 0 saturated carbocycles. The minimum absolute atomic E-state index is 0.768. The average molecular weight is 215 g/mol. The van der Waals surface area contributed by atoms with Gasteiger partial charge in [-0.3, -0.25) is 0 Å². The molecule has 0 radical (unpaired) electrons. The number of para-hydroxylation sites is 1. The molecular weight excluding hydrogens is 198 g/mol. The van der Waals surface area contributed by atoms with E-state index in [1.54, 1.807) is 6.20 Å². The maximum absolute atomic E-state index is 5.51. The highest BCUT2D eigenvalue weighted by Gasteiger charge is 2.03. The molecule has 2 rings (SSSR count). The molecule has 0 aliphatic carbocycles. The summed E-state index contributed by atoms with van der Waals surface area (Å²) in [4.78, 5) is 0. The van der Waals surface area contributed by atoms with Gasteiger partial charge in [-0.25, -0.2) is 4.68 Å². The number of nitrogens with two attached hydrogens (primary N) is 1. The summed E-state index contributed by atoms with van der Waals surface area (Å²) in [6.45, 7) is 0.768. The first-order valence-electron chi connectivity index (χ1n) is 5.70. The molecule has 84 valence electrons. The molecule has 1 aromatic heterocycles. The van der Waals surface area contributed by atoms with Crippen LogP contribution in [0.1, 0.15) is 18.4 Å². The summed E-state index contributed by atoms with van der Waals surface area (Å²) in [6, 6.07) is 10.3. The van der Waals surface area contributed by atoms with E-state index in [4.69, 9.17) is 5.73 Å². The molecule has 0 fully saturated rings. The SMILES string of the molecule is NCCCCc1ccccc1-n1cccn1. The van der Waals surface area contributed by atoms with E-state index in [1.165, 1.54) is 11.3 Å². The van der Waals surface area contributed by atoms with Crippen LogP contribution in [0.2, 0.25) is 0 Å². The number of aryl methyl sites for hydroxylation is 1. The van der Waals surface area contributed by atoms with E-state index in [1.807, 2.05) is 23.0 Å². The highest BCUT2D eigenvalue weighted by atomic mass is 15.3. The van der Waals surface area contributed by atoms with Gasteiger partial charge in [0.05, 0.1) is 5.69 Å². The number of nitrogens with zero attached hydrogens (tertiary/aromatic N) is 2. The Kier molecular flexibility index (Phi) is 3.72. The number of unbranched alkanes of at least 4 members (excludes halogenated alkanes) is 1. The van der Waals surface area contributed by atoms with E-state index >= 15 is 0 Å². The maximum Gasteiger partial charge on any atom is 0.0677 e. The van der Waals surface area contributed by atoms with Gasteiger partial charge in [-0.05, 0) is 43.5 Å². The van der Waals surface area contributed by atoms with E-state index in [0.29, 0.717) is 0 Å². The summed E-state index contributed by atoms with van der Waals surface area (Å²) in [5.41, 5.74) is 8.01. The molecule has 2 N–H and O–H groups in total. The van der Waals surface area contributed by atoms with Gasteiger partial charge >= 0.3 is 0 Å². The van der Waals surface area contributed by atoms with Gasteiger partial charge in [-0.1, -0.05) is 18.2 Å². The maximum atomic E-state index is 5.51. The Bertz CT molecular complexity index is 421. The van der Waals surface area contributed by atoms with Crippen molar-refractivity contribution < 1.29 is 0 Å². The van der Waals surface area contributed by atoms with Crippen molar-refractivity contribution in [2.75, 3.05) is 6.54 Å². The Hall–Kier alpha value is -1.61. The van der Waals surface area contributed by atoms with Crippen LogP contribution < -0.4 is 5.73 Å². The third-order valence-electron chi connectivity index (χ3n) is 2.64. The van der Waals surface area contributed by atoms with Crippen molar-refractivity contribution in [3.8, 4) is 5.69 Å². The largest absolute Gasteiger partial charge is 0.330 e. The monoisotopic (exact) mass is 215 g/mol. The Labute approximate surface area is 95.9 Å². The van der Waals surface area contributed by atoms with Gasteiger partial charge in [-0.15, -0.1) is 0 Å². The smallest absolute Gasteiger partial charge is 0.0677 e. The summed E-state index contributed by atoms with van der Waals surface area (Å²) in [5.74, 6) is 0. The van der Waals surface area contributed by atoms with Crippen LogP contribution in [0.25, 0.3) is 5.69 Å². The molecule has 1 aromatic carbocycles. The van der Waals surface area contributed by atoms with Crippen LogP contribution in [0.15, 0.2) is 42.7 Å². The van der Waals surface area contributed by atoms with Crippen LogP contribution >= 0.6 is 0 Å². The van der Waals surface area contributed by atoms with Crippen LogP contribution in [-0.4, -0.2) is 16.3 Å². The summed E-state index contributed by atoms with van der Waals surface area (Å²) in [6.07, 6.45) is 7.05. The van der Waals surface area contributed by atoms with Crippen LogP contribution in [0.5, 0.6) is 0 Å². The fourth-order valence-corrected chi connectivity index (χ4v) is 1.82. The zero-order valence-electron chi connectivity index (χ0n) is 9.34. The molecule has 3 heteroatoms. The Balaban J connectivity index is 2.18. The second kappa shape index (κ2) is 5.47. The van der Waals surface area contributed by atoms with Crippen molar-refractivity contribution in [3.05, 3.63) is 48.3 Å².